The molecule has 0 aliphatic heterocycles. The van der Waals surface area contributed by atoms with Gasteiger partial charge in [0, 0.05) is 5.56 Å². The number of ether oxygens (including phenoxy) is 1. The molecular weight excluding hydrogens is 322 g/mol. The molecule has 0 fully saturated rings. The molecular formula is C14H13N3O5S. The third-order valence-electron chi connectivity index (χ3n) is 3.08. The lowest BCUT2D eigenvalue weighted by atomic mass is 10.2. The first-order valence-electron chi connectivity index (χ1n) is 6.55. The van der Waals surface area contributed by atoms with Crippen LogP contribution < -0.4 is 9.46 Å². The predicted octanol–water partition coefficient (Wildman–Crippen LogP) is 1.91. The van der Waals surface area contributed by atoms with Gasteiger partial charge in [0.1, 0.15) is 5.75 Å². The Hall–Kier alpha value is -2.65. The zero-order chi connectivity index (χ0) is 16.4. The quantitative estimate of drug-likeness (QED) is 0.759. The van der Waals surface area contributed by atoms with E-state index in [0.717, 1.165) is 0 Å². The highest BCUT2D eigenvalue weighted by atomic mass is 32.2. The number of hydrogen-bond donors (Lipinski definition) is 1. The Morgan fingerprint density at radius 1 is 1.22 bits per heavy atom. The standard InChI is InChI=1S/C14H13N3O5S/c1-15-23(18,19)12-7-6-11(21-12)14-16-13(17-22-14)9-4-3-5-10(8-9)20-2/h3-8,15H,1-2H3. The number of nitrogens with one attached hydrogen (secondary N) is 1. The monoisotopic (exact) mass is 335 g/mol. The Morgan fingerprint density at radius 2 is 2.04 bits per heavy atom. The summed E-state index contributed by atoms with van der Waals surface area (Å²) >= 11 is 0. The second-order valence-corrected chi connectivity index (χ2v) is 6.30. The van der Waals surface area contributed by atoms with Crippen LogP contribution in [0.1, 0.15) is 0 Å². The van der Waals surface area contributed by atoms with Crippen LogP contribution in [0.4, 0.5) is 0 Å². The summed E-state index contributed by atoms with van der Waals surface area (Å²) in [6, 6.07) is 9.92. The second-order valence-electron chi connectivity index (χ2n) is 4.48. The van der Waals surface area contributed by atoms with Crippen LogP contribution in [-0.2, 0) is 10.0 Å². The Kier molecular flexibility index (Phi) is 3.89. The number of sulfonamides is 1. The van der Waals surface area contributed by atoms with Crippen LogP contribution >= 0.6 is 0 Å². The fraction of sp³-hybridized carbons (Fsp3) is 0.143. The molecule has 2 heterocycles. The summed E-state index contributed by atoms with van der Waals surface area (Å²) in [5.74, 6) is 1.25. The van der Waals surface area contributed by atoms with E-state index >= 15 is 0 Å². The van der Waals surface area contributed by atoms with Crippen molar-refractivity contribution < 1.29 is 22.1 Å². The molecule has 3 rings (SSSR count). The van der Waals surface area contributed by atoms with E-state index in [1.54, 1.807) is 31.4 Å². The normalized spacial score (nSPS) is 11.6. The fourth-order valence-electron chi connectivity index (χ4n) is 1.88. The number of aromatic nitrogens is 2. The minimum atomic E-state index is -3.66. The van der Waals surface area contributed by atoms with Gasteiger partial charge in [0.05, 0.1) is 7.11 Å². The topological polar surface area (TPSA) is 107 Å². The maximum Gasteiger partial charge on any atom is 0.293 e. The van der Waals surface area contributed by atoms with Gasteiger partial charge < -0.3 is 13.7 Å². The van der Waals surface area contributed by atoms with Gasteiger partial charge in [-0.15, -0.1) is 0 Å². The zero-order valence-electron chi connectivity index (χ0n) is 12.3. The minimum absolute atomic E-state index is 0.0837. The van der Waals surface area contributed by atoms with Crippen molar-refractivity contribution in [3.05, 3.63) is 36.4 Å². The average Bonchev–Trinajstić information content (AvgIpc) is 3.24. The van der Waals surface area contributed by atoms with Gasteiger partial charge in [-0.2, -0.15) is 4.98 Å². The number of methoxy groups -OCH3 is 1. The Labute approximate surface area is 132 Å². The van der Waals surface area contributed by atoms with E-state index < -0.39 is 10.0 Å². The minimum Gasteiger partial charge on any atom is -0.497 e. The maximum atomic E-state index is 11.7. The van der Waals surface area contributed by atoms with E-state index in [9.17, 15) is 8.42 Å². The largest absolute Gasteiger partial charge is 0.497 e. The Balaban J connectivity index is 1.93. The Morgan fingerprint density at radius 3 is 2.78 bits per heavy atom. The summed E-state index contributed by atoms with van der Waals surface area (Å²) in [4.78, 5) is 4.21. The third kappa shape index (κ3) is 2.96. The van der Waals surface area contributed by atoms with Crippen molar-refractivity contribution in [2.24, 2.45) is 0 Å². The summed E-state index contributed by atoms with van der Waals surface area (Å²) in [6.45, 7) is 0. The lowest BCUT2D eigenvalue weighted by molar-refractivity contribution is 0.398. The molecule has 0 aliphatic rings. The third-order valence-corrected chi connectivity index (χ3v) is 4.37. The van der Waals surface area contributed by atoms with Gasteiger partial charge in [0.2, 0.25) is 10.9 Å². The van der Waals surface area contributed by atoms with Crippen molar-refractivity contribution in [1.82, 2.24) is 14.9 Å². The average molecular weight is 335 g/mol. The molecule has 120 valence electrons. The lowest BCUT2D eigenvalue weighted by Crippen LogP contribution is -2.17. The van der Waals surface area contributed by atoms with E-state index in [2.05, 4.69) is 14.9 Å². The summed E-state index contributed by atoms with van der Waals surface area (Å²) in [5, 5.41) is 3.64. The van der Waals surface area contributed by atoms with Crippen LogP contribution in [0.15, 0.2) is 50.4 Å². The van der Waals surface area contributed by atoms with Crippen molar-refractivity contribution in [3.63, 3.8) is 0 Å². The van der Waals surface area contributed by atoms with E-state index in [-0.39, 0.29) is 16.7 Å². The molecule has 0 spiro atoms. The van der Waals surface area contributed by atoms with E-state index in [0.29, 0.717) is 17.1 Å². The van der Waals surface area contributed by atoms with E-state index in [1.165, 1.54) is 19.2 Å². The van der Waals surface area contributed by atoms with Crippen LogP contribution in [0.2, 0.25) is 0 Å². The number of benzene rings is 1. The summed E-state index contributed by atoms with van der Waals surface area (Å²) < 4.78 is 41.0. The molecule has 0 bridgehead atoms. The van der Waals surface area contributed by atoms with Crippen molar-refractivity contribution in [2.75, 3.05) is 14.2 Å². The molecule has 3 aromatic rings. The molecule has 0 saturated carbocycles. The van der Waals surface area contributed by atoms with Crippen molar-refractivity contribution in [3.8, 4) is 28.8 Å². The van der Waals surface area contributed by atoms with E-state index in [1.807, 2.05) is 0 Å². The van der Waals surface area contributed by atoms with Gasteiger partial charge in [-0.25, -0.2) is 13.1 Å². The molecule has 0 amide bonds. The summed E-state index contributed by atoms with van der Waals surface area (Å²) in [6.07, 6.45) is 0. The van der Waals surface area contributed by atoms with Gasteiger partial charge in [-0.1, -0.05) is 17.3 Å². The molecule has 1 N–H and O–H groups in total. The molecule has 0 saturated heterocycles. The molecule has 0 aliphatic carbocycles. The van der Waals surface area contributed by atoms with Crippen LogP contribution in [0.5, 0.6) is 5.75 Å². The van der Waals surface area contributed by atoms with Crippen molar-refractivity contribution in [2.45, 2.75) is 5.09 Å². The highest BCUT2D eigenvalue weighted by Crippen LogP contribution is 2.26. The molecule has 1 aromatic carbocycles. The SMILES string of the molecule is CNS(=O)(=O)c1ccc(-c2nc(-c3cccc(OC)c3)no2)o1. The number of rotatable bonds is 5. The highest BCUT2D eigenvalue weighted by Gasteiger charge is 2.20. The summed E-state index contributed by atoms with van der Waals surface area (Å²) in [7, 11) is -0.803. The smallest absolute Gasteiger partial charge is 0.293 e. The molecule has 23 heavy (non-hydrogen) atoms. The van der Waals surface area contributed by atoms with E-state index in [4.69, 9.17) is 13.7 Å². The molecule has 9 heteroatoms. The van der Waals surface area contributed by atoms with Crippen LogP contribution in [0.3, 0.4) is 0 Å². The van der Waals surface area contributed by atoms with Crippen LogP contribution in [0.25, 0.3) is 23.0 Å². The second kappa shape index (κ2) is 5.86. The van der Waals surface area contributed by atoms with Crippen molar-refractivity contribution >= 4 is 10.0 Å². The van der Waals surface area contributed by atoms with Gasteiger partial charge in [-0.05, 0) is 31.3 Å². The Bertz CT molecular complexity index is 929. The lowest BCUT2D eigenvalue weighted by Gasteiger charge is -1.99. The molecule has 0 atom stereocenters. The first-order valence-corrected chi connectivity index (χ1v) is 8.03. The summed E-state index contributed by atoms with van der Waals surface area (Å²) in [5.41, 5.74) is 0.703. The predicted molar refractivity (Wildman–Crippen MR) is 80.2 cm³/mol. The first kappa shape index (κ1) is 15.3. The van der Waals surface area contributed by atoms with Crippen LogP contribution in [-0.4, -0.2) is 32.7 Å². The van der Waals surface area contributed by atoms with Gasteiger partial charge >= 0.3 is 0 Å². The molecule has 0 radical (unpaired) electrons. The fourth-order valence-corrected chi connectivity index (χ4v) is 2.53. The van der Waals surface area contributed by atoms with Gasteiger partial charge in [0.25, 0.3) is 15.9 Å². The highest BCUT2D eigenvalue weighted by molar-refractivity contribution is 7.89. The first-order chi connectivity index (χ1) is 11.0. The zero-order valence-corrected chi connectivity index (χ0v) is 13.1. The number of furan rings is 1. The van der Waals surface area contributed by atoms with Crippen molar-refractivity contribution in [1.29, 1.82) is 0 Å². The molecule has 8 nitrogen and oxygen atoms in total. The number of hydrogen-bond acceptors (Lipinski definition) is 7. The maximum absolute atomic E-state index is 11.7. The molecule has 0 unspecified atom stereocenters. The molecule has 2 aromatic heterocycles. The van der Waals surface area contributed by atoms with Gasteiger partial charge in [0.15, 0.2) is 5.76 Å². The number of nitrogens with zero attached hydrogens (tertiary/aromatic N) is 2. The van der Waals surface area contributed by atoms with Gasteiger partial charge in [-0.3, -0.25) is 0 Å². The van der Waals surface area contributed by atoms with Crippen LogP contribution in [0, 0.1) is 0 Å².